The molecule has 2 N–H and O–H groups in total. The maximum atomic E-state index is 8.36. The Kier molecular flexibility index (Phi) is 9.93. The standard InChI is InChI=1S/C19H17BrCl2N2OS.HNO3/c1-12-8-15(4-5-16(12)20)26-11-25-18(19-23-6-7-24-19)9-13-2-3-14(21)10-17(13)22;2-1(3)4/h2-8,10,18H,9,11H2,1H3,(H,23,24);(H,2,3,4). The molecule has 0 aliphatic carbocycles. The maximum Gasteiger partial charge on any atom is 0.291 e. The Morgan fingerprint density at radius 1 is 1.33 bits per heavy atom. The summed E-state index contributed by atoms with van der Waals surface area (Å²) in [7, 11) is 0. The molecule has 1 heterocycles. The quantitative estimate of drug-likeness (QED) is 0.155. The van der Waals surface area contributed by atoms with E-state index < -0.39 is 5.09 Å². The van der Waals surface area contributed by atoms with Gasteiger partial charge in [0.05, 0.1) is 5.94 Å². The van der Waals surface area contributed by atoms with Crippen molar-refractivity contribution in [3.63, 3.8) is 0 Å². The number of benzene rings is 2. The normalized spacial score (nSPS) is 11.5. The summed E-state index contributed by atoms with van der Waals surface area (Å²) in [5, 5.41) is 14.9. The molecule has 0 amide bonds. The molecule has 1 aromatic heterocycles. The average Bonchev–Trinajstić information content (AvgIpc) is 3.20. The van der Waals surface area contributed by atoms with Gasteiger partial charge in [0.1, 0.15) is 11.9 Å². The van der Waals surface area contributed by atoms with E-state index in [-0.39, 0.29) is 6.10 Å². The number of H-pyrrole nitrogens is 1. The van der Waals surface area contributed by atoms with Gasteiger partial charge in [-0.2, -0.15) is 0 Å². The van der Waals surface area contributed by atoms with Crippen LogP contribution in [-0.2, 0) is 11.2 Å². The van der Waals surface area contributed by atoms with Gasteiger partial charge in [0, 0.05) is 38.2 Å². The molecule has 0 saturated heterocycles. The minimum atomic E-state index is -1.50. The Morgan fingerprint density at radius 2 is 2.07 bits per heavy atom. The predicted octanol–water partition coefficient (Wildman–Crippen LogP) is 6.49. The van der Waals surface area contributed by atoms with Gasteiger partial charge in [-0.3, -0.25) is 0 Å². The van der Waals surface area contributed by atoms with Crippen LogP contribution in [-0.4, -0.2) is 26.2 Å². The Labute approximate surface area is 196 Å². The van der Waals surface area contributed by atoms with Gasteiger partial charge in [-0.15, -0.1) is 10.1 Å². The van der Waals surface area contributed by atoms with E-state index in [2.05, 4.69) is 51.0 Å². The van der Waals surface area contributed by atoms with Gasteiger partial charge in [-0.05, 0) is 48.4 Å². The molecule has 0 saturated carbocycles. The van der Waals surface area contributed by atoms with Gasteiger partial charge in [0.2, 0.25) is 0 Å². The van der Waals surface area contributed by atoms with Gasteiger partial charge in [0.25, 0.3) is 5.09 Å². The van der Waals surface area contributed by atoms with E-state index in [4.69, 9.17) is 43.3 Å². The number of aromatic nitrogens is 2. The number of halogens is 3. The first-order valence-electron chi connectivity index (χ1n) is 8.53. The number of nitrogens with one attached hydrogen (secondary N) is 1. The van der Waals surface area contributed by atoms with Crippen LogP contribution in [0.3, 0.4) is 0 Å². The van der Waals surface area contributed by atoms with Crippen LogP contribution in [0, 0.1) is 17.0 Å². The highest BCUT2D eigenvalue weighted by Crippen LogP contribution is 2.29. The Hall–Kier alpha value is -1.78. The summed E-state index contributed by atoms with van der Waals surface area (Å²) in [6, 6.07) is 11.8. The van der Waals surface area contributed by atoms with Gasteiger partial charge in [-0.25, -0.2) is 4.98 Å². The third kappa shape index (κ3) is 8.16. The van der Waals surface area contributed by atoms with Crippen LogP contribution in [0.25, 0.3) is 0 Å². The number of thioether (sulfide) groups is 1. The lowest BCUT2D eigenvalue weighted by atomic mass is 10.1. The summed E-state index contributed by atoms with van der Waals surface area (Å²) < 4.78 is 7.22. The van der Waals surface area contributed by atoms with Gasteiger partial charge in [0.15, 0.2) is 0 Å². The van der Waals surface area contributed by atoms with E-state index in [0.29, 0.717) is 22.4 Å². The largest absolute Gasteiger partial charge is 0.359 e. The zero-order valence-corrected chi connectivity index (χ0v) is 19.6. The second-order valence-electron chi connectivity index (χ2n) is 5.98. The summed E-state index contributed by atoms with van der Waals surface area (Å²) in [6.07, 6.45) is 3.91. The van der Waals surface area contributed by atoms with Crippen LogP contribution in [0.1, 0.15) is 23.1 Å². The van der Waals surface area contributed by atoms with Crippen molar-refractivity contribution in [1.29, 1.82) is 0 Å². The average molecular weight is 535 g/mol. The fourth-order valence-electron chi connectivity index (χ4n) is 2.47. The monoisotopic (exact) mass is 533 g/mol. The van der Waals surface area contributed by atoms with Crippen LogP contribution < -0.4 is 0 Å². The molecule has 30 heavy (non-hydrogen) atoms. The van der Waals surface area contributed by atoms with Crippen LogP contribution in [0.4, 0.5) is 0 Å². The predicted molar refractivity (Wildman–Crippen MR) is 121 cm³/mol. The molecule has 3 aromatic rings. The molecule has 7 nitrogen and oxygen atoms in total. The molecule has 0 aliphatic heterocycles. The summed E-state index contributed by atoms with van der Waals surface area (Å²) in [5.74, 6) is 1.29. The number of nitrogens with zero attached hydrogens (tertiary/aromatic N) is 2. The fourth-order valence-corrected chi connectivity index (χ4v) is 3.99. The third-order valence-electron chi connectivity index (χ3n) is 3.87. The molecule has 11 heteroatoms. The lowest BCUT2D eigenvalue weighted by Gasteiger charge is -2.17. The Bertz CT molecular complexity index is 972. The van der Waals surface area contributed by atoms with E-state index >= 15 is 0 Å². The number of aryl methyl sites for hydroxylation is 1. The molecule has 3 rings (SSSR count). The summed E-state index contributed by atoms with van der Waals surface area (Å²) in [6.45, 7) is 2.07. The van der Waals surface area contributed by atoms with Crippen molar-refractivity contribution in [2.24, 2.45) is 0 Å². The number of imidazole rings is 1. The zero-order valence-electron chi connectivity index (χ0n) is 15.7. The summed E-state index contributed by atoms with van der Waals surface area (Å²) in [4.78, 5) is 17.0. The first-order valence-corrected chi connectivity index (χ1v) is 11.1. The van der Waals surface area contributed by atoms with Crippen LogP contribution >= 0.6 is 50.9 Å². The lowest BCUT2D eigenvalue weighted by Crippen LogP contribution is -2.10. The highest BCUT2D eigenvalue weighted by Gasteiger charge is 2.17. The molecular weight excluding hydrogens is 517 g/mol. The topological polar surface area (TPSA) is 101 Å². The lowest BCUT2D eigenvalue weighted by molar-refractivity contribution is -0.742. The van der Waals surface area contributed by atoms with Crippen molar-refractivity contribution >= 4 is 50.9 Å². The Balaban J connectivity index is 0.000000735. The van der Waals surface area contributed by atoms with E-state index in [1.54, 1.807) is 30.2 Å². The molecule has 1 atom stereocenters. The number of rotatable bonds is 7. The van der Waals surface area contributed by atoms with Crippen LogP contribution in [0.5, 0.6) is 0 Å². The zero-order chi connectivity index (χ0) is 22.1. The van der Waals surface area contributed by atoms with Gasteiger partial charge >= 0.3 is 0 Å². The molecule has 0 aliphatic rings. The molecule has 0 bridgehead atoms. The first kappa shape index (κ1) is 24.5. The van der Waals surface area contributed by atoms with Crippen molar-refractivity contribution in [2.75, 3.05) is 5.94 Å². The maximum absolute atomic E-state index is 8.36. The first-order chi connectivity index (χ1) is 14.3. The van der Waals surface area contributed by atoms with Crippen molar-refractivity contribution in [3.8, 4) is 0 Å². The van der Waals surface area contributed by atoms with Crippen LogP contribution in [0.15, 0.2) is 58.2 Å². The third-order valence-corrected chi connectivity index (χ3v) is 6.19. The number of hydrogen-bond acceptors (Lipinski definition) is 5. The van der Waals surface area contributed by atoms with Crippen molar-refractivity contribution in [2.45, 2.75) is 24.3 Å². The molecule has 1 unspecified atom stereocenters. The smallest absolute Gasteiger partial charge is 0.291 e. The molecule has 2 aromatic carbocycles. The van der Waals surface area contributed by atoms with E-state index in [1.807, 2.05) is 12.1 Å². The van der Waals surface area contributed by atoms with E-state index in [1.165, 1.54) is 5.56 Å². The van der Waals surface area contributed by atoms with Crippen LogP contribution in [0.2, 0.25) is 10.0 Å². The van der Waals surface area contributed by atoms with Crippen molar-refractivity contribution in [3.05, 3.63) is 90.4 Å². The van der Waals surface area contributed by atoms with Crippen molar-refractivity contribution < 1.29 is 15.0 Å². The highest BCUT2D eigenvalue weighted by molar-refractivity contribution is 9.10. The van der Waals surface area contributed by atoms with Gasteiger partial charge in [-0.1, -0.05) is 57.0 Å². The Morgan fingerprint density at radius 3 is 2.67 bits per heavy atom. The fraction of sp³-hybridized carbons (Fsp3) is 0.211. The summed E-state index contributed by atoms with van der Waals surface area (Å²) >= 11 is 17.5. The van der Waals surface area contributed by atoms with E-state index in [9.17, 15) is 0 Å². The van der Waals surface area contributed by atoms with E-state index in [0.717, 1.165) is 20.8 Å². The second kappa shape index (κ2) is 12.2. The SMILES string of the molecule is Cc1cc(SCOC(Cc2ccc(Cl)cc2Cl)c2ncc[nH]2)ccc1Br.O=[N+]([O-])O. The number of ether oxygens (including phenoxy) is 1. The number of aromatic amines is 1. The molecule has 0 fully saturated rings. The van der Waals surface area contributed by atoms with Gasteiger partial charge < -0.3 is 14.9 Å². The molecular formula is C19H18BrCl2N3O4S. The highest BCUT2D eigenvalue weighted by atomic mass is 79.9. The number of hydrogen-bond donors (Lipinski definition) is 2. The minimum Gasteiger partial charge on any atom is -0.359 e. The molecule has 160 valence electrons. The second-order valence-corrected chi connectivity index (χ2v) is 8.67. The summed E-state index contributed by atoms with van der Waals surface area (Å²) in [5.41, 5.74) is 2.17. The van der Waals surface area contributed by atoms with Crippen molar-refractivity contribution in [1.82, 2.24) is 9.97 Å². The minimum absolute atomic E-state index is 0.215. The molecule has 0 radical (unpaired) electrons. The molecule has 0 spiro atoms.